The summed E-state index contributed by atoms with van der Waals surface area (Å²) < 4.78 is 7.89. The van der Waals surface area contributed by atoms with Crippen LogP contribution in [0.2, 0.25) is 5.02 Å². The van der Waals surface area contributed by atoms with Crippen molar-refractivity contribution < 1.29 is 14.3 Å². The zero-order valence-electron chi connectivity index (χ0n) is 18.9. The van der Waals surface area contributed by atoms with Gasteiger partial charge in [-0.05, 0) is 56.7 Å². The summed E-state index contributed by atoms with van der Waals surface area (Å²) in [5, 5.41) is 15.3. The van der Waals surface area contributed by atoms with Crippen molar-refractivity contribution >= 4 is 46.6 Å². The fourth-order valence-corrected chi connectivity index (χ4v) is 4.18. The summed E-state index contributed by atoms with van der Waals surface area (Å²) in [7, 11) is 0. The average molecular weight is 488 g/mol. The van der Waals surface area contributed by atoms with Gasteiger partial charge >= 0.3 is 0 Å². The van der Waals surface area contributed by atoms with Crippen molar-refractivity contribution in [3.8, 4) is 5.75 Å². The van der Waals surface area contributed by atoms with Crippen molar-refractivity contribution in [1.29, 1.82) is 0 Å². The number of aromatic nitrogens is 3. The minimum Gasteiger partial charge on any atom is -0.481 e. The molecular weight excluding hydrogens is 462 g/mol. The molecule has 1 unspecified atom stereocenters. The lowest BCUT2D eigenvalue weighted by Crippen LogP contribution is -2.16. The molecule has 174 valence electrons. The van der Waals surface area contributed by atoms with Gasteiger partial charge in [-0.2, -0.15) is 0 Å². The van der Waals surface area contributed by atoms with E-state index in [0.29, 0.717) is 39.7 Å². The number of halogens is 1. The number of nitrogens with zero attached hydrogens (tertiary/aromatic N) is 3. The van der Waals surface area contributed by atoms with Crippen molar-refractivity contribution in [3.05, 3.63) is 58.9 Å². The first-order valence-electron chi connectivity index (χ1n) is 10.4. The number of benzene rings is 2. The maximum atomic E-state index is 12.5. The van der Waals surface area contributed by atoms with Gasteiger partial charge in [0.2, 0.25) is 11.8 Å². The van der Waals surface area contributed by atoms with Gasteiger partial charge in [0.15, 0.2) is 17.1 Å². The second-order valence-corrected chi connectivity index (χ2v) is 8.67. The largest absolute Gasteiger partial charge is 0.481 e. The van der Waals surface area contributed by atoms with E-state index in [9.17, 15) is 9.59 Å². The lowest BCUT2D eigenvalue weighted by molar-refractivity contribution is -0.114. The van der Waals surface area contributed by atoms with Gasteiger partial charge < -0.3 is 19.9 Å². The smallest absolute Gasteiger partial charge is 0.234 e. The number of carbonyl (C=O) groups is 2. The number of carbonyl (C=O) groups excluding carboxylic acids is 2. The molecule has 3 rings (SSSR count). The number of hydrogen-bond acceptors (Lipinski definition) is 6. The van der Waals surface area contributed by atoms with Crippen molar-refractivity contribution in [2.24, 2.45) is 0 Å². The molecule has 2 aromatic carbocycles. The Bertz CT molecular complexity index is 1150. The van der Waals surface area contributed by atoms with Crippen LogP contribution in [-0.2, 0) is 16.1 Å². The van der Waals surface area contributed by atoms with E-state index in [1.54, 1.807) is 24.3 Å². The highest BCUT2D eigenvalue weighted by atomic mass is 35.5. The summed E-state index contributed by atoms with van der Waals surface area (Å²) in [4.78, 5) is 23.7. The van der Waals surface area contributed by atoms with Crippen LogP contribution in [0.25, 0.3) is 0 Å². The van der Waals surface area contributed by atoms with Crippen LogP contribution in [0.4, 0.5) is 11.4 Å². The quantitative estimate of drug-likeness (QED) is 0.408. The molecule has 3 aromatic rings. The Kier molecular flexibility index (Phi) is 8.35. The zero-order valence-corrected chi connectivity index (χ0v) is 20.5. The highest BCUT2D eigenvalue weighted by Gasteiger charge is 2.20. The number of aryl methyl sites for hydroxylation is 1. The second-order valence-electron chi connectivity index (χ2n) is 7.32. The maximum Gasteiger partial charge on any atom is 0.234 e. The Labute approximate surface area is 202 Å². The van der Waals surface area contributed by atoms with E-state index < -0.39 is 0 Å². The molecule has 1 aromatic heterocycles. The van der Waals surface area contributed by atoms with E-state index >= 15 is 0 Å². The average Bonchev–Trinajstić information content (AvgIpc) is 3.18. The molecule has 10 heteroatoms. The molecule has 0 bridgehead atoms. The summed E-state index contributed by atoms with van der Waals surface area (Å²) in [6.45, 7) is 7.82. The van der Waals surface area contributed by atoms with Crippen LogP contribution in [0, 0.1) is 6.92 Å². The third-order valence-corrected chi connectivity index (χ3v) is 6.00. The molecule has 0 saturated heterocycles. The molecular formula is C23H26ClN5O3S. The normalized spacial score (nSPS) is 11.7. The van der Waals surface area contributed by atoms with Gasteiger partial charge in [-0.25, -0.2) is 0 Å². The standard InChI is InChI=1S/C23H26ClN5O3S/c1-5-29-22(15(3)32-20-9-7-6-8-18(20)24)27-28-23(29)33-13-21(31)26-17-10-11-19(14(2)12-17)25-16(4)30/h6-12,15H,5,13H2,1-4H3,(H,25,30)(H,26,31). The molecule has 0 fully saturated rings. The highest BCUT2D eigenvalue weighted by Crippen LogP contribution is 2.29. The SMILES string of the molecule is CCn1c(SCC(=O)Nc2ccc(NC(C)=O)c(C)c2)nnc1C(C)Oc1ccccc1Cl. The topological polar surface area (TPSA) is 98.1 Å². The molecule has 1 heterocycles. The van der Waals surface area contributed by atoms with Crippen LogP contribution < -0.4 is 15.4 Å². The van der Waals surface area contributed by atoms with E-state index in [1.165, 1.54) is 18.7 Å². The number of anilines is 2. The summed E-state index contributed by atoms with van der Waals surface area (Å²) >= 11 is 7.49. The fraction of sp³-hybridized carbons (Fsp3) is 0.304. The van der Waals surface area contributed by atoms with E-state index in [4.69, 9.17) is 16.3 Å². The first kappa shape index (κ1) is 24.6. The summed E-state index contributed by atoms with van der Waals surface area (Å²) in [5.74, 6) is 1.09. The minimum absolute atomic E-state index is 0.141. The Morgan fingerprint density at radius 3 is 2.61 bits per heavy atom. The Morgan fingerprint density at radius 1 is 1.18 bits per heavy atom. The van der Waals surface area contributed by atoms with Crippen LogP contribution in [0.15, 0.2) is 47.6 Å². The third-order valence-electron chi connectivity index (χ3n) is 4.72. The van der Waals surface area contributed by atoms with Crippen molar-refractivity contribution in [2.75, 3.05) is 16.4 Å². The lowest BCUT2D eigenvalue weighted by Gasteiger charge is -2.16. The number of hydrogen-bond donors (Lipinski definition) is 2. The number of para-hydroxylation sites is 1. The predicted octanol–water partition coefficient (Wildman–Crippen LogP) is 5.09. The fourth-order valence-electron chi connectivity index (χ4n) is 3.19. The van der Waals surface area contributed by atoms with Gasteiger partial charge in [0.05, 0.1) is 10.8 Å². The van der Waals surface area contributed by atoms with Gasteiger partial charge in [-0.3, -0.25) is 9.59 Å². The van der Waals surface area contributed by atoms with Gasteiger partial charge in [-0.1, -0.05) is 35.5 Å². The molecule has 0 radical (unpaired) electrons. The predicted molar refractivity (Wildman–Crippen MR) is 131 cm³/mol. The highest BCUT2D eigenvalue weighted by molar-refractivity contribution is 7.99. The molecule has 0 saturated carbocycles. The maximum absolute atomic E-state index is 12.5. The summed E-state index contributed by atoms with van der Waals surface area (Å²) in [6, 6.07) is 12.6. The zero-order chi connectivity index (χ0) is 24.0. The Balaban J connectivity index is 1.61. The van der Waals surface area contributed by atoms with E-state index in [1.807, 2.05) is 43.5 Å². The molecule has 8 nitrogen and oxygen atoms in total. The molecule has 2 amide bonds. The summed E-state index contributed by atoms with van der Waals surface area (Å²) in [5.41, 5.74) is 2.23. The number of rotatable bonds is 9. The number of amides is 2. The number of nitrogens with one attached hydrogen (secondary N) is 2. The molecule has 2 N–H and O–H groups in total. The minimum atomic E-state index is -0.370. The molecule has 33 heavy (non-hydrogen) atoms. The van der Waals surface area contributed by atoms with Crippen molar-refractivity contribution in [1.82, 2.24) is 14.8 Å². The van der Waals surface area contributed by atoms with Gasteiger partial charge in [0, 0.05) is 24.8 Å². The van der Waals surface area contributed by atoms with Crippen LogP contribution in [0.5, 0.6) is 5.75 Å². The van der Waals surface area contributed by atoms with Gasteiger partial charge in [0.1, 0.15) is 5.75 Å². The van der Waals surface area contributed by atoms with Gasteiger partial charge in [0.25, 0.3) is 0 Å². The van der Waals surface area contributed by atoms with Crippen LogP contribution in [0.3, 0.4) is 0 Å². The van der Waals surface area contributed by atoms with Crippen LogP contribution >= 0.6 is 23.4 Å². The molecule has 0 spiro atoms. The molecule has 0 aliphatic rings. The van der Waals surface area contributed by atoms with Crippen LogP contribution in [-0.4, -0.2) is 32.3 Å². The number of thioether (sulfide) groups is 1. The van der Waals surface area contributed by atoms with E-state index in [2.05, 4.69) is 20.8 Å². The lowest BCUT2D eigenvalue weighted by atomic mass is 10.1. The molecule has 0 aliphatic carbocycles. The molecule has 1 atom stereocenters. The first-order valence-corrected chi connectivity index (χ1v) is 11.8. The van der Waals surface area contributed by atoms with E-state index in [0.717, 1.165) is 5.56 Å². The van der Waals surface area contributed by atoms with E-state index in [-0.39, 0.29) is 23.7 Å². The van der Waals surface area contributed by atoms with Crippen molar-refractivity contribution in [3.63, 3.8) is 0 Å². The van der Waals surface area contributed by atoms with Crippen molar-refractivity contribution in [2.45, 2.75) is 45.5 Å². The third kappa shape index (κ3) is 6.49. The Morgan fingerprint density at radius 2 is 1.94 bits per heavy atom. The summed E-state index contributed by atoms with van der Waals surface area (Å²) in [6.07, 6.45) is -0.370. The first-order chi connectivity index (χ1) is 15.8. The second kappa shape index (κ2) is 11.2. The van der Waals surface area contributed by atoms with Gasteiger partial charge in [-0.15, -0.1) is 10.2 Å². The number of ether oxygens (including phenoxy) is 1. The molecule has 0 aliphatic heterocycles. The van der Waals surface area contributed by atoms with Crippen LogP contribution in [0.1, 0.15) is 38.3 Å². The monoisotopic (exact) mass is 487 g/mol. The Hall–Kier alpha value is -3.04.